The Hall–Kier alpha value is -2.78. The first-order chi connectivity index (χ1) is 13.8. The number of rotatable bonds is 4. The van der Waals surface area contributed by atoms with E-state index in [-0.39, 0.29) is 0 Å². The topological polar surface area (TPSA) is 21.7 Å². The van der Waals surface area contributed by atoms with Crippen molar-refractivity contribution in [2.45, 2.75) is 24.8 Å². The maximum absolute atomic E-state index is 6.15. The molecule has 3 aromatic rings. The van der Waals surface area contributed by atoms with Gasteiger partial charge in [0.05, 0.1) is 6.61 Å². The first-order valence-electron chi connectivity index (χ1n) is 10.1. The van der Waals surface area contributed by atoms with Gasteiger partial charge in [0.15, 0.2) is 0 Å². The van der Waals surface area contributed by atoms with Gasteiger partial charge in [0, 0.05) is 35.1 Å². The fraction of sp³-hybridized carbons (Fsp3) is 0.280. The van der Waals surface area contributed by atoms with E-state index in [1.807, 2.05) is 0 Å². The summed E-state index contributed by atoms with van der Waals surface area (Å²) in [7, 11) is 2.24. The van der Waals surface area contributed by atoms with Crippen molar-refractivity contribution < 1.29 is 9.47 Å². The van der Waals surface area contributed by atoms with Crippen LogP contribution in [-0.2, 0) is 0 Å². The van der Waals surface area contributed by atoms with Crippen LogP contribution in [0.15, 0.2) is 72.8 Å². The van der Waals surface area contributed by atoms with E-state index in [1.165, 1.54) is 16.7 Å². The number of hydrogen-bond acceptors (Lipinski definition) is 3. The van der Waals surface area contributed by atoms with Gasteiger partial charge in [-0.25, -0.2) is 0 Å². The number of ether oxygens (including phenoxy) is 2. The van der Waals surface area contributed by atoms with Crippen molar-refractivity contribution in [1.82, 2.24) is 4.90 Å². The molecule has 3 heteroatoms. The summed E-state index contributed by atoms with van der Waals surface area (Å²) in [6.07, 6.45) is 2.10. The van der Waals surface area contributed by atoms with Crippen molar-refractivity contribution in [3.8, 4) is 17.2 Å². The summed E-state index contributed by atoms with van der Waals surface area (Å²) < 4.78 is 12.0. The lowest BCUT2D eigenvalue weighted by molar-refractivity contribution is 0.163. The van der Waals surface area contributed by atoms with E-state index in [1.54, 1.807) is 0 Å². The Morgan fingerprint density at radius 1 is 0.786 bits per heavy atom. The van der Waals surface area contributed by atoms with Gasteiger partial charge >= 0.3 is 0 Å². The van der Waals surface area contributed by atoms with Crippen molar-refractivity contribution in [2.24, 2.45) is 0 Å². The average Bonchev–Trinajstić information content (AvgIpc) is 2.76. The zero-order chi connectivity index (χ0) is 18.9. The molecule has 2 aliphatic heterocycles. The molecule has 1 atom stereocenters. The molecule has 2 heterocycles. The highest BCUT2D eigenvalue weighted by atomic mass is 16.5. The fourth-order valence-corrected chi connectivity index (χ4v) is 4.59. The second-order valence-electron chi connectivity index (χ2n) is 7.69. The highest BCUT2D eigenvalue weighted by Gasteiger charge is 2.29. The van der Waals surface area contributed by atoms with E-state index >= 15 is 0 Å². The maximum Gasteiger partial charge on any atom is 0.131 e. The monoisotopic (exact) mass is 371 g/mol. The summed E-state index contributed by atoms with van der Waals surface area (Å²) in [5.41, 5.74) is 3.90. The van der Waals surface area contributed by atoms with E-state index in [0.717, 1.165) is 43.2 Å². The number of benzene rings is 3. The fourth-order valence-electron chi connectivity index (χ4n) is 4.59. The third-order valence-electron chi connectivity index (χ3n) is 6.04. The molecule has 0 spiro atoms. The van der Waals surface area contributed by atoms with Crippen LogP contribution in [-0.4, -0.2) is 25.1 Å². The molecule has 0 radical (unpaired) electrons. The Labute approximate surface area is 166 Å². The van der Waals surface area contributed by atoms with Crippen LogP contribution in [0.5, 0.6) is 17.2 Å². The average molecular weight is 371 g/mol. The molecule has 0 N–H and O–H groups in total. The van der Waals surface area contributed by atoms with Gasteiger partial charge in [-0.2, -0.15) is 0 Å². The van der Waals surface area contributed by atoms with E-state index in [0.29, 0.717) is 12.0 Å². The van der Waals surface area contributed by atoms with Crippen molar-refractivity contribution in [3.63, 3.8) is 0 Å². The van der Waals surface area contributed by atoms with Crippen molar-refractivity contribution >= 4 is 0 Å². The summed E-state index contributed by atoms with van der Waals surface area (Å²) >= 11 is 0. The zero-order valence-corrected chi connectivity index (χ0v) is 16.2. The molecule has 0 saturated carbocycles. The standard InChI is InChI=1S/C25H25NO2/c1-26(22-15-17-27-23-11-5-4-10-21(22)23)16-14-18-19-8-2-6-12-24(19)28-25-13-7-3-9-20(18)25/h2-13,18,22H,14-17H2,1H3. The molecule has 0 aromatic heterocycles. The first kappa shape index (κ1) is 17.3. The van der Waals surface area contributed by atoms with Gasteiger partial charge in [-0.3, -0.25) is 4.90 Å². The van der Waals surface area contributed by atoms with Gasteiger partial charge in [0.2, 0.25) is 0 Å². The summed E-state index contributed by atoms with van der Waals surface area (Å²) in [5, 5.41) is 0. The van der Waals surface area contributed by atoms with Crippen LogP contribution >= 0.6 is 0 Å². The molecule has 3 aromatic carbocycles. The lowest BCUT2D eigenvalue weighted by Crippen LogP contribution is -2.31. The molecule has 1 unspecified atom stereocenters. The molecule has 2 aliphatic rings. The molecule has 0 bridgehead atoms. The van der Waals surface area contributed by atoms with E-state index in [2.05, 4.69) is 84.7 Å². The minimum absolute atomic E-state index is 0.360. The molecular weight excluding hydrogens is 346 g/mol. The molecule has 0 amide bonds. The third kappa shape index (κ3) is 3.06. The summed E-state index contributed by atoms with van der Waals surface area (Å²) in [4.78, 5) is 2.49. The molecule has 0 aliphatic carbocycles. The predicted molar refractivity (Wildman–Crippen MR) is 111 cm³/mol. The molecule has 28 heavy (non-hydrogen) atoms. The van der Waals surface area contributed by atoms with Crippen molar-refractivity contribution in [1.29, 1.82) is 0 Å². The lowest BCUT2D eigenvalue weighted by atomic mass is 9.85. The van der Waals surface area contributed by atoms with Gasteiger partial charge in [0.1, 0.15) is 17.2 Å². The number of hydrogen-bond donors (Lipinski definition) is 0. The Morgan fingerprint density at radius 2 is 1.36 bits per heavy atom. The van der Waals surface area contributed by atoms with Crippen LogP contribution in [0, 0.1) is 0 Å². The van der Waals surface area contributed by atoms with Crippen LogP contribution in [0.3, 0.4) is 0 Å². The molecule has 3 nitrogen and oxygen atoms in total. The third-order valence-corrected chi connectivity index (χ3v) is 6.04. The van der Waals surface area contributed by atoms with Crippen LogP contribution in [0.2, 0.25) is 0 Å². The quantitative estimate of drug-likeness (QED) is 0.581. The zero-order valence-electron chi connectivity index (χ0n) is 16.2. The van der Waals surface area contributed by atoms with Crippen LogP contribution in [0.25, 0.3) is 0 Å². The largest absolute Gasteiger partial charge is 0.493 e. The molecule has 5 rings (SSSR count). The van der Waals surface area contributed by atoms with Gasteiger partial charge in [-0.15, -0.1) is 0 Å². The number of fused-ring (bicyclic) bond motifs is 3. The van der Waals surface area contributed by atoms with E-state index < -0.39 is 0 Å². The second-order valence-corrected chi connectivity index (χ2v) is 7.69. The van der Waals surface area contributed by atoms with E-state index in [4.69, 9.17) is 9.47 Å². The smallest absolute Gasteiger partial charge is 0.131 e. The maximum atomic E-state index is 6.15. The Balaban J connectivity index is 1.39. The van der Waals surface area contributed by atoms with Gasteiger partial charge < -0.3 is 9.47 Å². The Bertz CT molecular complexity index is 938. The SMILES string of the molecule is CN(CCC1c2ccccc2Oc2ccccc21)C1CCOc2ccccc21. The van der Waals surface area contributed by atoms with Crippen LogP contribution in [0.4, 0.5) is 0 Å². The Morgan fingerprint density at radius 3 is 2.04 bits per heavy atom. The molecular formula is C25H25NO2. The van der Waals surface area contributed by atoms with Crippen molar-refractivity contribution in [3.05, 3.63) is 89.5 Å². The molecule has 0 saturated heterocycles. The first-order valence-corrected chi connectivity index (χ1v) is 10.1. The van der Waals surface area contributed by atoms with Gasteiger partial charge in [-0.1, -0.05) is 54.6 Å². The highest BCUT2D eigenvalue weighted by molar-refractivity contribution is 5.53. The van der Waals surface area contributed by atoms with Crippen molar-refractivity contribution in [2.75, 3.05) is 20.2 Å². The second kappa shape index (κ2) is 7.33. The Kier molecular flexibility index (Phi) is 4.53. The molecule has 0 fully saturated rings. The van der Waals surface area contributed by atoms with Gasteiger partial charge in [0.25, 0.3) is 0 Å². The minimum atomic E-state index is 0.360. The highest BCUT2D eigenvalue weighted by Crippen LogP contribution is 2.45. The minimum Gasteiger partial charge on any atom is -0.493 e. The lowest BCUT2D eigenvalue weighted by Gasteiger charge is -2.35. The van der Waals surface area contributed by atoms with Gasteiger partial charge in [-0.05, 0) is 38.2 Å². The number of para-hydroxylation sites is 3. The van der Waals surface area contributed by atoms with Crippen LogP contribution in [0.1, 0.15) is 41.5 Å². The van der Waals surface area contributed by atoms with E-state index in [9.17, 15) is 0 Å². The summed E-state index contributed by atoms with van der Waals surface area (Å²) in [6, 6.07) is 25.8. The van der Waals surface area contributed by atoms with Crippen LogP contribution < -0.4 is 9.47 Å². The summed E-state index contributed by atoms with van der Waals surface area (Å²) in [5.74, 6) is 3.38. The predicted octanol–water partition coefficient (Wildman–Crippen LogP) is 5.77. The number of nitrogens with zero attached hydrogens (tertiary/aromatic N) is 1. The summed E-state index contributed by atoms with van der Waals surface area (Å²) in [6.45, 7) is 1.81. The normalized spacial score (nSPS) is 17.9. The molecule has 142 valence electrons.